The van der Waals surface area contributed by atoms with Crippen LogP contribution >= 0.6 is 0 Å². The van der Waals surface area contributed by atoms with Gasteiger partial charge in [-0.1, -0.05) is 62.9 Å². The first-order valence-electron chi connectivity index (χ1n) is 8.65. The van der Waals surface area contributed by atoms with Gasteiger partial charge in [0.2, 0.25) is 0 Å². The summed E-state index contributed by atoms with van der Waals surface area (Å²) in [7, 11) is 0. The van der Waals surface area contributed by atoms with Gasteiger partial charge in [0.25, 0.3) is 0 Å². The number of carbonyl (C=O) groups is 1. The minimum Gasteiger partial charge on any atom is -0.465 e. The number of benzene rings is 2. The van der Waals surface area contributed by atoms with Gasteiger partial charge < -0.3 is 15.0 Å². The van der Waals surface area contributed by atoms with Crippen LogP contribution in [0.5, 0.6) is 0 Å². The average Bonchev–Trinajstić information content (AvgIpc) is 2.97. The summed E-state index contributed by atoms with van der Waals surface area (Å²) in [6.45, 7) is 8.42. The molecule has 3 aromatic rings. The van der Waals surface area contributed by atoms with Crippen LogP contribution in [0.3, 0.4) is 0 Å². The molecule has 1 aromatic heterocycles. The predicted molar refractivity (Wildman–Crippen MR) is 104 cm³/mol. The number of aromatic nitrogens is 2. The number of fused-ring (bicyclic) bond motifs is 1. The zero-order valence-electron chi connectivity index (χ0n) is 15.0. The van der Waals surface area contributed by atoms with Crippen molar-refractivity contribution in [3.63, 3.8) is 0 Å². The summed E-state index contributed by atoms with van der Waals surface area (Å²) < 4.78 is 2.10. The molecule has 134 valence electrons. The van der Waals surface area contributed by atoms with Gasteiger partial charge in [0.1, 0.15) is 5.82 Å². The number of imidazole rings is 1. The minimum atomic E-state index is -1.05. The lowest BCUT2D eigenvalue weighted by atomic mass is 10.0. The van der Waals surface area contributed by atoms with Crippen molar-refractivity contribution in [1.82, 2.24) is 14.9 Å². The molecule has 0 saturated carbocycles. The van der Waals surface area contributed by atoms with E-state index < -0.39 is 12.1 Å². The van der Waals surface area contributed by atoms with Crippen LogP contribution < -0.4 is 5.32 Å². The summed E-state index contributed by atoms with van der Waals surface area (Å²) in [4.78, 5) is 16.1. The lowest BCUT2D eigenvalue weighted by Gasteiger charge is -2.22. The molecule has 1 amide bonds. The van der Waals surface area contributed by atoms with Gasteiger partial charge >= 0.3 is 6.09 Å². The first-order valence-corrected chi connectivity index (χ1v) is 8.65. The Kier molecular flexibility index (Phi) is 5.07. The molecule has 0 radical (unpaired) electrons. The van der Waals surface area contributed by atoms with E-state index in [1.807, 2.05) is 50.2 Å². The molecule has 2 N–H and O–H groups in total. The largest absolute Gasteiger partial charge is 0.465 e. The number of carboxylic acid groups (broad SMARTS) is 1. The van der Waals surface area contributed by atoms with Crippen LogP contribution in [0.15, 0.2) is 55.1 Å². The monoisotopic (exact) mass is 349 g/mol. The molecule has 0 aliphatic carbocycles. The fourth-order valence-corrected chi connectivity index (χ4v) is 3.12. The predicted octanol–water partition coefficient (Wildman–Crippen LogP) is 4.69. The number of amides is 1. The zero-order chi connectivity index (χ0) is 18.7. The molecule has 0 aliphatic rings. The van der Waals surface area contributed by atoms with Crippen molar-refractivity contribution in [2.45, 2.75) is 26.4 Å². The Balaban J connectivity index is 2.16. The highest BCUT2D eigenvalue weighted by Crippen LogP contribution is 2.27. The number of rotatable bonds is 6. The molecule has 1 unspecified atom stereocenters. The van der Waals surface area contributed by atoms with E-state index >= 15 is 0 Å². The first-order chi connectivity index (χ1) is 12.5. The molecule has 1 heterocycles. The molecular weight excluding hydrogens is 326 g/mol. The van der Waals surface area contributed by atoms with Gasteiger partial charge in [-0.05, 0) is 29.2 Å². The number of hydrogen-bond acceptors (Lipinski definition) is 2. The lowest BCUT2D eigenvalue weighted by Crippen LogP contribution is -2.32. The SMILES string of the molecule is C=Cc1ccc2c(c1)nc(C(NC(=O)O)C(C)C)n2Cc1ccccc1. The van der Waals surface area contributed by atoms with Crippen molar-refractivity contribution >= 4 is 23.2 Å². The summed E-state index contributed by atoms with van der Waals surface area (Å²) in [6, 6.07) is 15.7. The molecule has 2 aromatic carbocycles. The van der Waals surface area contributed by atoms with Crippen molar-refractivity contribution in [3.05, 3.63) is 72.1 Å². The molecule has 1 atom stereocenters. The standard InChI is InChI=1S/C21H23N3O2/c1-4-15-10-11-18-17(12-15)22-20(19(14(2)3)23-21(25)26)24(18)13-16-8-6-5-7-9-16/h4-12,14,19,23H,1,13H2,2-3H3,(H,25,26). The quantitative estimate of drug-likeness (QED) is 0.678. The molecule has 0 bridgehead atoms. The Morgan fingerprint density at radius 3 is 2.62 bits per heavy atom. The first kappa shape index (κ1) is 17.7. The van der Waals surface area contributed by atoms with Crippen molar-refractivity contribution in [3.8, 4) is 0 Å². The normalized spacial score (nSPS) is 12.3. The number of nitrogens with zero attached hydrogens (tertiary/aromatic N) is 2. The third-order valence-corrected chi connectivity index (χ3v) is 4.44. The van der Waals surface area contributed by atoms with Crippen LogP contribution in [0.25, 0.3) is 17.1 Å². The Bertz CT molecular complexity index is 929. The van der Waals surface area contributed by atoms with E-state index in [9.17, 15) is 9.90 Å². The van der Waals surface area contributed by atoms with Crippen LogP contribution in [0.1, 0.15) is 36.8 Å². The van der Waals surface area contributed by atoms with Gasteiger partial charge in [-0.3, -0.25) is 0 Å². The minimum absolute atomic E-state index is 0.0660. The van der Waals surface area contributed by atoms with Crippen LogP contribution in [0, 0.1) is 5.92 Å². The summed E-state index contributed by atoms with van der Waals surface area (Å²) in [6.07, 6.45) is 0.735. The van der Waals surface area contributed by atoms with E-state index in [0.717, 1.165) is 28.0 Å². The topological polar surface area (TPSA) is 67.2 Å². The van der Waals surface area contributed by atoms with Gasteiger partial charge in [-0.2, -0.15) is 0 Å². The van der Waals surface area contributed by atoms with Gasteiger partial charge in [0.15, 0.2) is 0 Å². The second-order valence-corrected chi connectivity index (χ2v) is 6.67. The fraction of sp³-hybridized carbons (Fsp3) is 0.238. The molecule has 0 saturated heterocycles. The summed E-state index contributed by atoms with van der Waals surface area (Å²) in [5.41, 5.74) is 3.94. The molecule has 0 fully saturated rings. The highest BCUT2D eigenvalue weighted by atomic mass is 16.4. The maximum Gasteiger partial charge on any atom is 0.405 e. The second kappa shape index (κ2) is 7.44. The highest BCUT2D eigenvalue weighted by molar-refractivity contribution is 5.79. The summed E-state index contributed by atoms with van der Waals surface area (Å²) in [5.74, 6) is 0.791. The molecular formula is C21H23N3O2. The van der Waals surface area contributed by atoms with E-state index in [4.69, 9.17) is 4.98 Å². The van der Waals surface area contributed by atoms with E-state index in [-0.39, 0.29) is 5.92 Å². The van der Waals surface area contributed by atoms with E-state index in [0.29, 0.717) is 6.54 Å². The van der Waals surface area contributed by atoms with Crippen molar-refractivity contribution < 1.29 is 9.90 Å². The lowest BCUT2D eigenvalue weighted by molar-refractivity contribution is 0.184. The number of nitrogens with one attached hydrogen (secondary N) is 1. The molecule has 0 aliphatic heterocycles. The van der Waals surface area contributed by atoms with Crippen molar-refractivity contribution in [1.29, 1.82) is 0 Å². The smallest absolute Gasteiger partial charge is 0.405 e. The van der Waals surface area contributed by atoms with Crippen molar-refractivity contribution in [2.24, 2.45) is 5.92 Å². The van der Waals surface area contributed by atoms with E-state index in [1.54, 1.807) is 6.08 Å². The third kappa shape index (κ3) is 3.61. The van der Waals surface area contributed by atoms with E-state index in [2.05, 4.69) is 28.6 Å². The Hall–Kier alpha value is -3.08. The van der Waals surface area contributed by atoms with Gasteiger partial charge in [-0.25, -0.2) is 9.78 Å². The Labute approximate surface area is 153 Å². The maximum atomic E-state index is 11.3. The van der Waals surface area contributed by atoms with Gasteiger partial charge in [0.05, 0.1) is 17.1 Å². The highest BCUT2D eigenvalue weighted by Gasteiger charge is 2.25. The summed E-state index contributed by atoms with van der Waals surface area (Å²) in [5, 5.41) is 11.9. The Morgan fingerprint density at radius 2 is 2.00 bits per heavy atom. The van der Waals surface area contributed by atoms with Crippen LogP contribution in [-0.4, -0.2) is 20.8 Å². The van der Waals surface area contributed by atoms with Gasteiger partial charge in [0, 0.05) is 6.54 Å². The fourth-order valence-electron chi connectivity index (χ4n) is 3.12. The average molecular weight is 349 g/mol. The second-order valence-electron chi connectivity index (χ2n) is 6.67. The molecule has 0 spiro atoms. The van der Waals surface area contributed by atoms with E-state index in [1.165, 1.54) is 0 Å². The van der Waals surface area contributed by atoms with Gasteiger partial charge in [-0.15, -0.1) is 0 Å². The number of hydrogen-bond donors (Lipinski definition) is 2. The van der Waals surface area contributed by atoms with Crippen molar-refractivity contribution in [2.75, 3.05) is 0 Å². The third-order valence-electron chi connectivity index (χ3n) is 4.44. The summed E-state index contributed by atoms with van der Waals surface area (Å²) >= 11 is 0. The molecule has 5 nitrogen and oxygen atoms in total. The maximum absolute atomic E-state index is 11.3. The molecule has 26 heavy (non-hydrogen) atoms. The van der Waals surface area contributed by atoms with Crippen LogP contribution in [-0.2, 0) is 6.54 Å². The molecule has 3 rings (SSSR count). The zero-order valence-corrected chi connectivity index (χ0v) is 15.0. The molecule has 5 heteroatoms. The Morgan fingerprint density at radius 1 is 1.27 bits per heavy atom. The van der Waals surface area contributed by atoms with Crippen LogP contribution in [0.4, 0.5) is 4.79 Å². The van der Waals surface area contributed by atoms with Crippen LogP contribution in [0.2, 0.25) is 0 Å².